The standard InChI is InChI=1S/C13H13BrN2O2.C2H6.CH5N/c1-2-18-13(17)11-7-16-6-9(8-3-4-8)5-10(14)12(16)15-11;2*1-2/h5-8H,2-4H2,1H3;1-2H3;2H2,1H3. The van der Waals surface area contributed by atoms with E-state index in [1.165, 1.54) is 25.5 Å². The highest BCUT2D eigenvalue weighted by Gasteiger charge is 2.25. The number of carbonyl (C=O) groups excluding carboxylic acids is 1. The summed E-state index contributed by atoms with van der Waals surface area (Å²) in [4.78, 5) is 15.9. The highest BCUT2D eigenvalue weighted by atomic mass is 79.9. The van der Waals surface area contributed by atoms with E-state index in [1.54, 1.807) is 13.1 Å². The number of aromatic nitrogens is 2. The lowest BCUT2D eigenvalue weighted by Crippen LogP contribution is -2.04. The Kier molecular flexibility index (Phi) is 7.55. The Morgan fingerprint density at radius 3 is 2.59 bits per heavy atom. The zero-order valence-electron chi connectivity index (χ0n) is 13.6. The van der Waals surface area contributed by atoms with Gasteiger partial charge in [0, 0.05) is 12.4 Å². The monoisotopic (exact) mass is 369 g/mol. The summed E-state index contributed by atoms with van der Waals surface area (Å²) >= 11 is 3.51. The molecule has 1 saturated carbocycles. The van der Waals surface area contributed by atoms with Gasteiger partial charge >= 0.3 is 5.97 Å². The average Bonchev–Trinajstić information content (AvgIpc) is 3.30. The van der Waals surface area contributed by atoms with Crippen molar-refractivity contribution in [1.29, 1.82) is 0 Å². The molecule has 2 aromatic heterocycles. The molecule has 0 aliphatic heterocycles. The van der Waals surface area contributed by atoms with Gasteiger partial charge in [0.15, 0.2) is 11.3 Å². The molecule has 2 aromatic rings. The van der Waals surface area contributed by atoms with Gasteiger partial charge in [-0.1, -0.05) is 13.8 Å². The predicted octanol–water partition coefficient (Wildman–Crippen LogP) is 3.75. The van der Waals surface area contributed by atoms with Crippen molar-refractivity contribution in [3.63, 3.8) is 0 Å². The molecule has 0 unspecified atom stereocenters. The zero-order valence-corrected chi connectivity index (χ0v) is 15.2. The fourth-order valence-corrected chi connectivity index (χ4v) is 2.58. The second-order valence-corrected chi connectivity index (χ2v) is 5.33. The third-order valence-electron chi connectivity index (χ3n) is 3.06. The van der Waals surface area contributed by atoms with Crippen LogP contribution in [0.1, 0.15) is 55.6 Å². The molecule has 0 amide bonds. The van der Waals surface area contributed by atoms with Gasteiger partial charge in [-0.05, 0) is 60.3 Å². The quantitative estimate of drug-likeness (QED) is 0.836. The summed E-state index contributed by atoms with van der Waals surface area (Å²) < 4.78 is 7.77. The molecule has 1 fully saturated rings. The van der Waals surface area contributed by atoms with E-state index >= 15 is 0 Å². The first-order chi connectivity index (χ1) is 10.7. The lowest BCUT2D eigenvalue weighted by molar-refractivity contribution is 0.0520. The molecule has 0 radical (unpaired) electrons. The predicted molar refractivity (Wildman–Crippen MR) is 92.3 cm³/mol. The van der Waals surface area contributed by atoms with E-state index in [2.05, 4.69) is 32.7 Å². The summed E-state index contributed by atoms with van der Waals surface area (Å²) in [6, 6.07) is 2.09. The van der Waals surface area contributed by atoms with Gasteiger partial charge in [0.1, 0.15) is 0 Å². The normalized spacial score (nSPS) is 12.8. The summed E-state index contributed by atoms with van der Waals surface area (Å²) in [5, 5.41) is 0. The number of nitrogens with two attached hydrogens (primary N) is 1. The van der Waals surface area contributed by atoms with Crippen molar-refractivity contribution >= 4 is 27.5 Å². The van der Waals surface area contributed by atoms with E-state index < -0.39 is 0 Å². The molecule has 3 rings (SSSR count). The largest absolute Gasteiger partial charge is 0.461 e. The van der Waals surface area contributed by atoms with Crippen molar-refractivity contribution in [1.82, 2.24) is 9.38 Å². The summed E-state index contributed by atoms with van der Waals surface area (Å²) in [6.07, 6.45) is 6.27. The van der Waals surface area contributed by atoms with Crippen molar-refractivity contribution < 1.29 is 9.53 Å². The molecule has 0 atom stereocenters. The van der Waals surface area contributed by atoms with E-state index in [0.29, 0.717) is 18.2 Å². The summed E-state index contributed by atoms with van der Waals surface area (Å²) in [5.41, 5.74) is 6.90. The Balaban J connectivity index is 0.000000561. The minimum absolute atomic E-state index is 0.352. The van der Waals surface area contributed by atoms with E-state index in [0.717, 1.165) is 10.1 Å². The first-order valence-corrected chi connectivity index (χ1v) is 8.41. The molecular formula is C16H24BrN3O2. The van der Waals surface area contributed by atoms with Crippen LogP contribution in [-0.2, 0) is 4.74 Å². The number of hydrogen-bond donors (Lipinski definition) is 1. The van der Waals surface area contributed by atoms with Crippen molar-refractivity contribution in [3.05, 3.63) is 34.2 Å². The highest BCUT2D eigenvalue weighted by Crippen LogP contribution is 2.41. The minimum Gasteiger partial charge on any atom is -0.461 e. The molecule has 2 N–H and O–H groups in total. The molecule has 0 saturated heterocycles. The van der Waals surface area contributed by atoms with Crippen LogP contribution in [0.25, 0.3) is 5.65 Å². The number of ether oxygens (including phenoxy) is 1. The minimum atomic E-state index is -0.374. The van der Waals surface area contributed by atoms with Gasteiger partial charge in [-0.25, -0.2) is 9.78 Å². The number of imidazole rings is 1. The van der Waals surface area contributed by atoms with Crippen molar-refractivity contribution in [2.75, 3.05) is 13.7 Å². The number of carbonyl (C=O) groups is 1. The fourth-order valence-electron chi connectivity index (χ4n) is 2.02. The van der Waals surface area contributed by atoms with E-state index in [4.69, 9.17) is 4.74 Å². The lowest BCUT2D eigenvalue weighted by atomic mass is 10.2. The van der Waals surface area contributed by atoms with Gasteiger partial charge in [-0.15, -0.1) is 0 Å². The van der Waals surface area contributed by atoms with Crippen LogP contribution in [-0.4, -0.2) is 29.0 Å². The number of halogens is 1. The maximum atomic E-state index is 11.6. The van der Waals surface area contributed by atoms with Crippen molar-refractivity contribution in [3.8, 4) is 0 Å². The van der Waals surface area contributed by atoms with Gasteiger partial charge < -0.3 is 14.9 Å². The topological polar surface area (TPSA) is 69.6 Å². The first kappa shape index (κ1) is 18.6. The van der Waals surface area contributed by atoms with Crippen LogP contribution in [0.15, 0.2) is 22.9 Å². The van der Waals surface area contributed by atoms with E-state index in [-0.39, 0.29) is 5.97 Å². The van der Waals surface area contributed by atoms with E-state index in [9.17, 15) is 4.79 Å². The van der Waals surface area contributed by atoms with Crippen LogP contribution in [0.4, 0.5) is 0 Å². The summed E-state index contributed by atoms with van der Waals surface area (Å²) in [6.45, 7) is 6.15. The molecule has 0 bridgehead atoms. The number of rotatable bonds is 3. The number of fused-ring (bicyclic) bond motifs is 1. The molecule has 1 aliphatic rings. The third kappa shape index (κ3) is 4.30. The summed E-state index contributed by atoms with van der Waals surface area (Å²) in [5.74, 6) is 0.292. The summed E-state index contributed by atoms with van der Waals surface area (Å²) in [7, 11) is 1.50. The van der Waals surface area contributed by atoms with Crippen LogP contribution in [0.5, 0.6) is 0 Å². The fraction of sp³-hybridized carbons (Fsp3) is 0.500. The van der Waals surface area contributed by atoms with Crippen LogP contribution >= 0.6 is 15.9 Å². The SMILES string of the molecule is CC.CCOC(=O)c1cn2cc(C3CC3)cc(Br)c2n1.CN. The smallest absolute Gasteiger partial charge is 0.358 e. The molecule has 0 spiro atoms. The molecule has 1 aliphatic carbocycles. The van der Waals surface area contributed by atoms with Crippen molar-refractivity contribution in [2.45, 2.75) is 39.5 Å². The van der Waals surface area contributed by atoms with E-state index in [1.807, 2.05) is 24.4 Å². The Bertz CT molecular complexity index is 621. The van der Waals surface area contributed by atoms with Gasteiger partial charge in [0.2, 0.25) is 0 Å². The zero-order chi connectivity index (χ0) is 16.7. The maximum absolute atomic E-state index is 11.6. The van der Waals surface area contributed by atoms with Crippen LogP contribution in [0, 0.1) is 0 Å². The second-order valence-electron chi connectivity index (χ2n) is 4.47. The number of hydrogen-bond acceptors (Lipinski definition) is 4. The third-order valence-corrected chi connectivity index (χ3v) is 3.64. The maximum Gasteiger partial charge on any atom is 0.358 e. The van der Waals surface area contributed by atoms with Crippen molar-refractivity contribution in [2.24, 2.45) is 5.73 Å². The highest BCUT2D eigenvalue weighted by molar-refractivity contribution is 9.10. The molecule has 2 heterocycles. The lowest BCUT2D eigenvalue weighted by Gasteiger charge is -2.01. The second kappa shape index (κ2) is 8.90. The van der Waals surface area contributed by atoms with Gasteiger partial charge in [0.25, 0.3) is 0 Å². The van der Waals surface area contributed by atoms with Gasteiger partial charge in [0.05, 0.1) is 11.1 Å². The van der Waals surface area contributed by atoms with Gasteiger partial charge in [-0.2, -0.15) is 0 Å². The first-order valence-electron chi connectivity index (χ1n) is 7.62. The Morgan fingerprint density at radius 2 is 2.05 bits per heavy atom. The number of pyridine rings is 1. The molecule has 5 nitrogen and oxygen atoms in total. The average molecular weight is 370 g/mol. The van der Waals surface area contributed by atoms with Gasteiger partial charge in [-0.3, -0.25) is 0 Å². The number of nitrogens with zero attached hydrogens (tertiary/aromatic N) is 2. The molecule has 122 valence electrons. The van der Waals surface area contributed by atoms with Crippen LogP contribution in [0.3, 0.4) is 0 Å². The van der Waals surface area contributed by atoms with Crippen LogP contribution < -0.4 is 5.73 Å². The molecular weight excluding hydrogens is 346 g/mol. The Hall–Kier alpha value is -1.40. The Labute approximate surface area is 140 Å². The Morgan fingerprint density at radius 1 is 1.41 bits per heavy atom. The number of esters is 1. The van der Waals surface area contributed by atoms with Crippen LogP contribution in [0.2, 0.25) is 0 Å². The molecule has 0 aromatic carbocycles. The molecule has 6 heteroatoms. The molecule has 22 heavy (non-hydrogen) atoms.